The minimum Gasteiger partial charge on any atom is -0.340 e. The molecule has 1 fully saturated rings. The first-order valence-electron chi connectivity index (χ1n) is 9.98. The fourth-order valence-electron chi connectivity index (χ4n) is 4.13. The number of rotatable bonds is 3. The van der Waals surface area contributed by atoms with Gasteiger partial charge >= 0.3 is 5.69 Å². The maximum Gasteiger partial charge on any atom is 0.346 e. The Bertz CT molecular complexity index is 1100. The summed E-state index contributed by atoms with van der Waals surface area (Å²) < 4.78 is 26.4. The van der Waals surface area contributed by atoms with Crippen LogP contribution < -0.4 is 5.69 Å². The molecular weight excluding hydrogens is 392 g/mol. The predicted molar refractivity (Wildman–Crippen MR) is 109 cm³/mol. The second-order valence-corrected chi connectivity index (χ2v) is 10.4. The largest absolute Gasteiger partial charge is 0.346 e. The van der Waals surface area contributed by atoms with Crippen molar-refractivity contribution in [2.24, 2.45) is 0 Å². The molecule has 2 aliphatic heterocycles. The van der Waals surface area contributed by atoms with Gasteiger partial charge in [-0.1, -0.05) is 23.8 Å². The van der Waals surface area contributed by atoms with E-state index in [2.05, 4.69) is 11.2 Å². The third kappa shape index (κ3) is 3.88. The smallest absolute Gasteiger partial charge is 0.340 e. The van der Waals surface area contributed by atoms with Gasteiger partial charge in [0.25, 0.3) is 0 Å². The molecule has 1 amide bonds. The van der Waals surface area contributed by atoms with Crippen molar-refractivity contribution in [3.63, 3.8) is 0 Å². The maximum absolute atomic E-state index is 13.1. The maximum atomic E-state index is 13.1. The number of carbonyl (C=O) groups excluding carboxylic acids is 1. The van der Waals surface area contributed by atoms with Gasteiger partial charge in [-0.05, 0) is 37.8 Å². The third-order valence-corrected chi connectivity index (χ3v) is 7.53. The van der Waals surface area contributed by atoms with Gasteiger partial charge in [-0.3, -0.25) is 9.36 Å². The second-order valence-electron chi connectivity index (χ2n) is 8.05. The summed E-state index contributed by atoms with van der Waals surface area (Å²) in [5.41, 5.74) is 3.05. The topological polar surface area (TPSA) is 94.3 Å². The van der Waals surface area contributed by atoms with Crippen molar-refractivity contribution in [3.05, 3.63) is 51.2 Å². The molecule has 8 nitrogen and oxygen atoms in total. The first kappa shape index (κ1) is 19.9. The van der Waals surface area contributed by atoms with E-state index in [1.54, 1.807) is 9.47 Å². The number of carbonyl (C=O) groups is 1. The molecule has 0 bridgehead atoms. The van der Waals surface area contributed by atoms with Crippen molar-refractivity contribution in [2.75, 3.05) is 24.6 Å². The summed E-state index contributed by atoms with van der Waals surface area (Å²) in [6.45, 7) is 5.37. The first-order chi connectivity index (χ1) is 13.7. The summed E-state index contributed by atoms with van der Waals surface area (Å²) in [7, 11) is -3.05. The van der Waals surface area contributed by atoms with Crippen LogP contribution in [0.5, 0.6) is 0 Å². The molecule has 0 N–H and O–H groups in total. The molecule has 1 atom stereocenters. The quantitative estimate of drug-likeness (QED) is 0.736. The van der Waals surface area contributed by atoms with Gasteiger partial charge in [0, 0.05) is 19.6 Å². The average molecular weight is 419 g/mol. The molecular formula is C20H26N4O4S. The van der Waals surface area contributed by atoms with E-state index in [0.29, 0.717) is 25.3 Å². The molecule has 4 rings (SSSR count). The van der Waals surface area contributed by atoms with Gasteiger partial charge < -0.3 is 4.90 Å². The van der Waals surface area contributed by atoms with E-state index >= 15 is 0 Å². The summed E-state index contributed by atoms with van der Waals surface area (Å²) >= 11 is 0. The molecule has 1 aromatic heterocycles. The normalized spacial score (nSPS) is 21.0. The SMILES string of the molecule is Cc1ccc(C)c(Cn2nc3n(c2=O)CCCC3C(=O)N2CCS(=O)(=O)CC2)c1. The summed E-state index contributed by atoms with van der Waals surface area (Å²) in [6, 6.07) is 6.12. The molecule has 0 saturated carbocycles. The van der Waals surface area contributed by atoms with Crippen molar-refractivity contribution in [1.29, 1.82) is 0 Å². The van der Waals surface area contributed by atoms with Crippen LogP contribution in [0.2, 0.25) is 0 Å². The molecule has 3 heterocycles. The molecule has 9 heteroatoms. The van der Waals surface area contributed by atoms with Crippen LogP contribution in [0, 0.1) is 13.8 Å². The minimum absolute atomic E-state index is 0.000654. The zero-order valence-corrected chi connectivity index (χ0v) is 17.6. The zero-order valence-electron chi connectivity index (χ0n) is 16.8. The number of amides is 1. The Balaban J connectivity index is 1.61. The Morgan fingerprint density at radius 1 is 1.17 bits per heavy atom. The highest BCUT2D eigenvalue weighted by Gasteiger charge is 2.36. The number of hydrogen-bond donors (Lipinski definition) is 0. The number of sulfone groups is 1. The van der Waals surface area contributed by atoms with E-state index in [-0.39, 0.29) is 36.2 Å². The molecule has 0 radical (unpaired) electrons. The van der Waals surface area contributed by atoms with E-state index in [4.69, 9.17) is 0 Å². The third-order valence-electron chi connectivity index (χ3n) is 5.92. The van der Waals surface area contributed by atoms with E-state index in [0.717, 1.165) is 23.1 Å². The monoisotopic (exact) mass is 418 g/mol. The van der Waals surface area contributed by atoms with Gasteiger partial charge in [-0.25, -0.2) is 17.9 Å². The number of aryl methyl sites for hydroxylation is 2. The fraction of sp³-hybridized carbons (Fsp3) is 0.550. The lowest BCUT2D eigenvalue weighted by Crippen LogP contribution is -2.46. The van der Waals surface area contributed by atoms with Gasteiger partial charge in [0.2, 0.25) is 5.91 Å². The molecule has 2 aliphatic rings. The highest BCUT2D eigenvalue weighted by atomic mass is 32.2. The van der Waals surface area contributed by atoms with Crippen LogP contribution in [0.4, 0.5) is 0 Å². The van der Waals surface area contributed by atoms with Crippen LogP contribution in [-0.4, -0.2) is 58.2 Å². The van der Waals surface area contributed by atoms with Crippen molar-refractivity contribution < 1.29 is 13.2 Å². The lowest BCUT2D eigenvalue weighted by molar-refractivity contribution is -0.133. The number of hydrogen-bond acceptors (Lipinski definition) is 5. The summed E-state index contributed by atoms with van der Waals surface area (Å²) in [6.07, 6.45) is 1.35. The Morgan fingerprint density at radius 2 is 1.90 bits per heavy atom. The molecule has 1 aromatic carbocycles. The molecule has 1 unspecified atom stereocenters. The van der Waals surface area contributed by atoms with Crippen LogP contribution in [-0.2, 0) is 27.7 Å². The van der Waals surface area contributed by atoms with Gasteiger partial charge in [0.1, 0.15) is 5.82 Å². The van der Waals surface area contributed by atoms with Gasteiger partial charge in [0.05, 0.1) is 24.0 Å². The number of benzene rings is 1. The molecule has 29 heavy (non-hydrogen) atoms. The van der Waals surface area contributed by atoms with E-state index in [9.17, 15) is 18.0 Å². The van der Waals surface area contributed by atoms with Crippen LogP contribution in [0.25, 0.3) is 0 Å². The predicted octanol–water partition coefficient (Wildman–Crippen LogP) is 0.844. The molecule has 2 aromatic rings. The highest BCUT2D eigenvalue weighted by molar-refractivity contribution is 7.91. The summed E-state index contributed by atoms with van der Waals surface area (Å²) in [5.74, 6) is -0.106. The van der Waals surface area contributed by atoms with E-state index in [1.165, 1.54) is 4.68 Å². The van der Waals surface area contributed by atoms with Gasteiger partial charge in [-0.2, -0.15) is 5.10 Å². The minimum atomic E-state index is -3.05. The van der Waals surface area contributed by atoms with Crippen molar-refractivity contribution in [3.8, 4) is 0 Å². The lowest BCUT2D eigenvalue weighted by Gasteiger charge is -2.31. The second kappa shape index (κ2) is 7.44. The molecule has 156 valence electrons. The fourth-order valence-corrected chi connectivity index (χ4v) is 5.33. The number of aromatic nitrogens is 3. The Hall–Kier alpha value is -2.42. The van der Waals surface area contributed by atoms with Crippen molar-refractivity contribution in [1.82, 2.24) is 19.2 Å². The average Bonchev–Trinajstić information content (AvgIpc) is 3.00. The number of fused-ring (bicyclic) bond motifs is 1. The summed E-state index contributed by atoms with van der Waals surface area (Å²) in [4.78, 5) is 27.6. The van der Waals surface area contributed by atoms with E-state index < -0.39 is 15.8 Å². The highest BCUT2D eigenvalue weighted by Crippen LogP contribution is 2.27. The zero-order chi connectivity index (χ0) is 20.8. The van der Waals surface area contributed by atoms with Crippen molar-refractivity contribution >= 4 is 15.7 Å². The van der Waals surface area contributed by atoms with Crippen LogP contribution in [0.1, 0.15) is 41.3 Å². The molecule has 1 saturated heterocycles. The lowest BCUT2D eigenvalue weighted by atomic mass is 9.97. The summed E-state index contributed by atoms with van der Waals surface area (Å²) in [5, 5.41) is 4.54. The van der Waals surface area contributed by atoms with Gasteiger partial charge in [0.15, 0.2) is 9.84 Å². The van der Waals surface area contributed by atoms with Gasteiger partial charge in [-0.15, -0.1) is 0 Å². The Labute approximate surface area is 170 Å². The molecule has 0 aliphatic carbocycles. The first-order valence-corrected chi connectivity index (χ1v) is 11.8. The van der Waals surface area contributed by atoms with E-state index in [1.807, 2.05) is 26.0 Å². The van der Waals surface area contributed by atoms with Crippen LogP contribution in [0.15, 0.2) is 23.0 Å². The van der Waals surface area contributed by atoms with Crippen LogP contribution in [0.3, 0.4) is 0 Å². The Morgan fingerprint density at radius 3 is 2.62 bits per heavy atom. The Kier molecular flexibility index (Phi) is 5.10. The van der Waals surface area contributed by atoms with Crippen molar-refractivity contribution in [2.45, 2.75) is 45.7 Å². The molecule has 0 spiro atoms. The number of nitrogens with zero attached hydrogens (tertiary/aromatic N) is 4. The standard InChI is InChI=1S/C20H26N4O4S/c1-14-5-6-15(2)16(12-14)13-24-20(26)23-7-3-4-17(18(23)21-24)19(25)22-8-10-29(27,28)11-9-22/h5-6,12,17H,3-4,7-11,13H2,1-2H3. The van der Waals surface area contributed by atoms with Crippen LogP contribution >= 0.6 is 0 Å².